The van der Waals surface area contributed by atoms with Gasteiger partial charge in [-0.25, -0.2) is 24.0 Å². The molecule has 0 N–H and O–H groups in total. The quantitative estimate of drug-likeness (QED) is 0.0308. The van der Waals surface area contributed by atoms with Crippen molar-refractivity contribution < 1.29 is 57.1 Å². The summed E-state index contributed by atoms with van der Waals surface area (Å²) >= 11 is 0. The van der Waals surface area contributed by atoms with Crippen molar-refractivity contribution in [1.82, 2.24) is 0 Å². The van der Waals surface area contributed by atoms with Crippen LogP contribution in [0.5, 0.6) is 23.0 Å². The molecular weight excluding hydrogens is 696 g/mol. The molecule has 4 aromatic carbocycles. The maximum absolute atomic E-state index is 12.8. The lowest BCUT2D eigenvalue weighted by molar-refractivity contribution is -0.138. The van der Waals surface area contributed by atoms with Gasteiger partial charge < -0.3 is 33.2 Å². The number of carbonyl (C=O) groups excluding carboxylic acids is 5. The Kier molecular flexibility index (Phi) is 15.6. The van der Waals surface area contributed by atoms with Gasteiger partial charge in [0.05, 0.1) is 49.7 Å². The molecule has 0 aliphatic heterocycles. The van der Waals surface area contributed by atoms with Crippen LogP contribution in [0.4, 0.5) is 0 Å². The Morgan fingerprint density at radius 2 is 0.981 bits per heavy atom. The van der Waals surface area contributed by atoms with Crippen LogP contribution < -0.4 is 18.9 Å². The number of hydrogen-bond donors (Lipinski definition) is 0. The van der Waals surface area contributed by atoms with Gasteiger partial charge in [0.1, 0.15) is 23.0 Å². The summed E-state index contributed by atoms with van der Waals surface area (Å²) in [5.41, 5.74) is 2.43. The third kappa shape index (κ3) is 13.1. The zero-order chi connectivity index (χ0) is 38.7. The third-order valence-corrected chi connectivity index (χ3v) is 7.50. The summed E-state index contributed by atoms with van der Waals surface area (Å²) in [6, 6.07) is 24.4. The number of benzene rings is 4. The Balaban J connectivity index is 1.16. The maximum Gasteiger partial charge on any atom is 0.343 e. The van der Waals surface area contributed by atoms with Gasteiger partial charge in [-0.3, -0.25) is 0 Å². The van der Waals surface area contributed by atoms with Crippen molar-refractivity contribution >= 4 is 29.8 Å². The molecule has 4 aromatic rings. The van der Waals surface area contributed by atoms with Gasteiger partial charge in [-0.2, -0.15) is 0 Å². The highest BCUT2D eigenvalue weighted by Gasteiger charge is 2.15. The lowest BCUT2D eigenvalue weighted by Gasteiger charge is -2.11. The molecule has 280 valence electrons. The van der Waals surface area contributed by atoms with Gasteiger partial charge in [0.25, 0.3) is 0 Å². The van der Waals surface area contributed by atoms with E-state index in [4.69, 9.17) is 33.2 Å². The summed E-state index contributed by atoms with van der Waals surface area (Å²) in [5, 5.41) is 0. The molecule has 0 saturated carbocycles. The van der Waals surface area contributed by atoms with Crippen LogP contribution in [0.2, 0.25) is 0 Å². The lowest BCUT2D eigenvalue weighted by Crippen LogP contribution is -2.11. The van der Waals surface area contributed by atoms with Crippen LogP contribution in [0.25, 0.3) is 0 Å². The second-order valence-corrected chi connectivity index (χ2v) is 11.5. The fourth-order valence-corrected chi connectivity index (χ4v) is 4.66. The van der Waals surface area contributed by atoms with Crippen molar-refractivity contribution in [2.24, 2.45) is 0 Å². The number of aryl methyl sites for hydroxylation is 1. The van der Waals surface area contributed by atoms with Crippen molar-refractivity contribution in [3.63, 3.8) is 0 Å². The molecule has 0 spiro atoms. The normalized spacial score (nSPS) is 10.3. The van der Waals surface area contributed by atoms with Gasteiger partial charge in [0.2, 0.25) is 0 Å². The van der Waals surface area contributed by atoms with E-state index in [2.05, 4.69) is 13.2 Å². The van der Waals surface area contributed by atoms with Crippen molar-refractivity contribution in [1.29, 1.82) is 0 Å². The molecule has 0 saturated heterocycles. The van der Waals surface area contributed by atoms with Crippen LogP contribution in [0.1, 0.15) is 55.0 Å². The number of rotatable bonds is 20. The summed E-state index contributed by atoms with van der Waals surface area (Å²) in [6.07, 6.45) is 3.63. The summed E-state index contributed by atoms with van der Waals surface area (Å²) in [4.78, 5) is 60.2. The molecular formula is C42H40O12. The predicted molar refractivity (Wildman–Crippen MR) is 197 cm³/mol. The van der Waals surface area contributed by atoms with Crippen LogP contribution in [0, 0.1) is 6.92 Å². The fourth-order valence-electron chi connectivity index (χ4n) is 4.66. The first-order valence-corrected chi connectivity index (χ1v) is 17.0. The minimum Gasteiger partial charge on any atom is -0.493 e. The molecule has 54 heavy (non-hydrogen) atoms. The highest BCUT2D eigenvalue weighted by Crippen LogP contribution is 2.21. The zero-order valence-corrected chi connectivity index (χ0v) is 29.8. The van der Waals surface area contributed by atoms with Crippen LogP contribution >= 0.6 is 0 Å². The molecule has 0 fully saturated rings. The van der Waals surface area contributed by atoms with E-state index >= 15 is 0 Å². The first-order valence-electron chi connectivity index (χ1n) is 17.0. The first kappa shape index (κ1) is 40.1. The second kappa shape index (κ2) is 21.0. The van der Waals surface area contributed by atoms with E-state index in [0.717, 1.165) is 17.7 Å². The summed E-state index contributed by atoms with van der Waals surface area (Å²) in [5.74, 6) is -0.867. The van der Waals surface area contributed by atoms with Crippen molar-refractivity contribution in [3.05, 3.63) is 144 Å². The van der Waals surface area contributed by atoms with Gasteiger partial charge in [-0.15, -0.1) is 0 Å². The molecule has 0 aliphatic rings. The standard InChI is InChI=1S/C42H40O12/c1-4-38(43)50-25-6-23-48-33-16-10-31(11-17-33)40(45)53-35-14-8-30(9-15-35)22-27-52-42(47)37-21-20-36(28-29(37)3)54-41(46)32-12-18-34(19-13-32)49-24-7-26-51-39(44)5-2/h4-5,8-21,28H,1-2,6-7,22-27H2,3H3. The monoisotopic (exact) mass is 736 g/mol. The Bertz CT molecular complexity index is 1910. The Labute approximate surface area is 312 Å². The van der Waals surface area contributed by atoms with Gasteiger partial charge in [-0.1, -0.05) is 25.3 Å². The minimum absolute atomic E-state index is 0.116. The van der Waals surface area contributed by atoms with Gasteiger partial charge in [0, 0.05) is 31.4 Å². The average Bonchev–Trinajstić information content (AvgIpc) is 3.18. The molecule has 0 heterocycles. The van der Waals surface area contributed by atoms with Crippen LogP contribution in [-0.2, 0) is 30.2 Å². The zero-order valence-electron chi connectivity index (χ0n) is 29.8. The van der Waals surface area contributed by atoms with Crippen molar-refractivity contribution in [2.45, 2.75) is 26.2 Å². The molecule has 0 aliphatic carbocycles. The number of esters is 5. The molecule has 0 radical (unpaired) electrons. The minimum atomic E-state index is -0.576. The Hall–Kier alpha value is -6.69. The summed E-state index contributed by atoms with van der Waals surface area (Å²) < 4.78 is 37.4. The highest BCUT2D eigenvalue weighted by atomic mass is 16.6. The predicted octanol–water partition coefficient (Wildman–Crippen LogP) is 6.83. The fraction of sp³-hybridized carbons (Fsp3) is 0.214. The summed E-state index contributed by atoms with van der Waals surface area (Å²) in [6.45, 7) is 9.59. The van der Waals surface area contributed by atoms with E-state index < -0.39 is 29.8 Å². The van der Waals surface area contributed by atoms with E-state index in [1.807, 2.05) is 0 Å². The van der Waals surface area contributed by atoms with Crippen molar-refractivity contribution in [3.8, 4) is 23.0 Å². The largest absolute Gasteiger partial charge is 0.493 e. The number of carbonyl (C=O) groups is 5. The molecule has 0 unspecified atom stereocenters. The van der Waals surface area contributed by atoms with Gasteiger partial charge in [0.15, 0.2) is 0 Å². The van der Waals surface area contributed by atoms with E-state index in [-0.39, 0.29) is 25.6 Å². The molecule has 0 aromatic heterocycles. The molecule has 0 amide bonds. The molecule has 0 bridgehead atoms. The van der Waals surface area contributed by atoms with E-state index in [1.165, 1.54) is 6.07 Å². The average molecular weight is 737 g/mol. The van der Waals surface area contributed by atoms with Crippen LogP contribution in [0.3, 0.4) is 0 Å². The van der Waals surface area contributed by atoms with E-state index in [9.17, 15) is 24.0 Å². The highest BCUT2D eigenvalue weighted by molar-refractivity contribution is 5.93. The van der Waals surface area contributed by atoms with E-state index in [0.29, 0.717) is 72.0 Å². The second-order valence-electron chi connectivity index (χ2n) is 11.5. The molecule has 12 heteroatoms. The SMILES string of the molecule is C=CC(=O)OCCCOc1ccc(C(=O)Oc2ccc(CCOC(=O)c3ccc(OC(=O)c4ccc(OCCCOC(=O)C=C)cc4)cc3C)cc2)cc1. The molecule has 0 atom stereocenters. The number of ether oxygens (including phenoxy) is 7. The lowest BCUT2D eigenvalue weighted by atomic mass is 10.1. The molecule has 12 nitrogen and oxygen atoms in total. The van der Waals surface area contributed by atoms with Crippen molar-refractivity contribution in [2.75, 3.05) is 33.0 Å². The van der Waals surface area contributed by atoms with Gasteiger partial charge in [-0.05, 0) is 96.9 Å². The van der Waals surface area contributed by atoms with Gasteiger partial charge >= 0.3 is 29.8 Å². The molecule has 4 rings (SSSR count). The topological polar surface area (TPSA) is 150 Å². The van der Waals surface area contributed by atoms with E-state index in [1.54, 1.807) is 91.9 Å². The maximum atomic E-state index is 12.8. The van der Waals surface area contributed by atoms with Crippen LogP contribution in [-0.4, -0.2) is 62.9 Å². The first-order chi connectivity index (χ1) is 26.1. The smallest absolute Gasteiger partial charge is 0.343 e. The number of hydrogen-bond acceptors (Lipinski definition) is 12. The summed E-state index contributed by atoms with van der Waals surface area (Å²) in [7, 11) is 0. The Morgan fingerprint density at radius 3 is 1.46 bits per heavy atom. The van der Waals surface area contributed by atoms with Crippen LogP contribution in [0.15, 0.2) is 116 Å². The Morgan fingerprint density at radius 1 is 0.519 bits per heavy atom. The third-order valence-electron chi connectivity index (χ3n) is 7.50.